The summed E-state index contributed by atoms with van der Waals surface area (Å²) in [6, 6.07) is 0. The molecule has 0 aliphatic heterocycles. The van der Waals surface area contributed by atoms with E-state index in [1.165, 1.54) is 24.2 Å². The Bertz CT molecular complexity index is 765. The fourth-order valence-electron chi connectivity index (χ4n) is 6.59. The van der Waals surface area contributed by atoms with Crippen molar-refractivity contribution < 1.29 is 33.7 Å². The molecule has 0 saturated carbocycles. The third kappa shape index (κ3) is 5.27. The van der Waals surface area contributed by atoms with Crippen LogP contribution in [0.15, 0.2) is 60.1 Å². The maximum atomic E-state index is 6.52. The topological polar surface area (TPSA) is 18.5 Å². The minimum absolute atomic E-state index is 0.218. The maximum absolute atomic E-state index is 6.52. The van der Waals surface area contributed by atoms with E-state index in [9.17, 15) is 0 Å². The molecule has 0 spiro atoms. The quantitative estimate of drug-likeness (QED) is 0.182. The monoisotopic (exact) mass is 559 g/mol. The van der Waals surface area contributed by atoms with Gasteiger partial charge in [-0.1, -0.05) is 0 Å². The summed E-state index contributed by atoms with van der Waals surface area (Å²) in [5.41, 5.74) is 5.15. The fourth-order valence-corrected chi connectivity index (χ4v) is 26.2. The van der Waals surface area contributed by atoms with Crippen LogP contribution in [0, 0.1) is 17.3 Å². The molecule has 0 atom stereocenters. The zero-order valence-corrected chi connectivity index (χ0v) is 26.9. The van der Waals surface area contributed by atoms with Crippen molar-refractivity contribution in [3.63, 3.8) is 0 Å². The van der Waals surface area contributed by atoms with E-state index in [0.717, 1.165) is 20.2 Å². The Morgan fingerprint density at radius 1 is 0.788 bits per heavy atom. The fraction of sp³-hybridized carbons (Fsp3) is 0.607. The van der Waals surface area contributed by atoms with Gasteiger partial charge in [-0.2, -0.15) is 0 Å². The Kier molecular flexibility index (Phi) is 10.6. The van der Waals surface area contributed by atoms with E-state index in [2.05, 4.69) is 110 Å². The molecular weight excluding hydrogens is 516 g/mol. The summed E-state index contributed by atoms with van der Waals surface area (Å²) >= 11 is 1.31. The first kappa shape index (κ1) is 28.9. The van der Waals surface area contributed by atoms with Gasteiger partial charge in [-0.25, -0.2) is 0 Å². The molecule has 5 heteroatoms. The van der Waals surface area contributed by atoms with Crippen LogP contribution in [0.3, 0.4) is 0 Å². The molecule has 0 aromatic heterocycles. The molecule has 181 valence electrons. The summed E-state index contributed by atoms with van der Waals surface area (Å²) < 4.78 is 13.8. The van der Waals surface area contributed by atoms with Crippen LogP contribution in [0.2, 0.25) is 22.2 Å². The summed E-state index contributed by atoms with van der Waals surface area (Å²) in [5, 5.41) is 0. The van der Waals surface area contributed by atoms with E-state index in [1.807, 2.05) is 14.2 Å². The van der Waals surface area contributed by atoms with Gasteiger partial charge in [-0.3, -0.25) is 0 Å². The molecule has 0 saturated heterocycles. The van der Waals surface area contributed by atoms with Crippen molar-refractivity contribution in [1.82, 2.24) is 0 Å². The van der Waals surface area contributed by atoms with Crippen LogP contribution in [0.5, 0.6) is 0 Å². The van der Waals surface area contributed by atoms with Gasteiger partial charge in [-0.05, 0) is 0 Å². The van der Waals surface area contributed by atoms with Crippen molar-refractivity contribution in [1.29, 1.82) is 0 Å². The van der Waals surface area contributed by atoms with Gasteiger partial charge in [0.2, 0.25) is 0 Å². The van der Waals surface area contributed by atoms with Gasteiger partial charge in [0.15, 0.2) is 0 Å². The molecule has 2 aliphatic rings. The van der Waals surface area contributed by atoms with Crippen LogP contribution in [0.25, 0.3) is 0 Å². The third-order valence-electron chi connectivity index (χ3n) is 7.78. The molecule has 0 unspecified atom stereocenters. The van der Waals surface area contributed by atoms with Gasteiger partial charge in [0.25, 0.3) is 0 Å². The van der Waals surface area contributed by atoms with Crippen LogP contribution in [-0.2, 0) is 33.7 Å². The number of methoxy groups -OCH3 is 2. The average Bonchev–Trinajstić information content (AvgIpc) is 3.46. The Labute approximate surface area is 221 Å². The average molecular weight is 561 g/mol. The molecule has 1 radical (unpaired) electrons. The Morgan fingerprint density at radius 3 is 1.45 bits per heavy atom. The van der Waals surface area contributed by atoms with Crippen molar-refractivity contribution in [2.24, 2.45) is 17.3 Å². The van der Waals surface area contributed by atoms with E-state index in [0.29, 0.717) is 11.1 Å². The molecule has 0 aromatic rings. The summed E-state index contributed by atoms with van der Waals surface area (Å²) in [4.78, 5) is 0. The molecular formula is C28H45O2Si2Zr. The van der Waals surface area contributed by atoms with Gasteiger partial charge in [0, 0.05) is 0 Å². The molecule has 0 bridgehead atoms. The van der Waals surface area contributed by atoms with Crippen molar-refractivity contribution in [2.75, 3.05) is 14.2 Å². The molecule has 2 nitrogen and oxygen atoms in total. The first-order valence-corrected chi connectivity index (χ1v) is 18.6. The summed E-state index contributed by atoms with van der Waals surface area (Å²) in [6.45, 7) is 19.8. The van der Waals surface area contributed by atoms with Gasteiger partial charge < -0.3 is 0 Å². The molecule has 0 heterocycles. The number of ether oxygens (including phenoxy) is 2. The molecule has 2 aliphatic carbocycles. The number of rotatable bonds is 12. The zero-order chi connectivity index (χ0) is 25.0. The normalized spacial score (nSPS) is 17.8. The van der Waals surface area contributed by atoms with Crippen LogP contribution in [-0.4, -0.2) is 33.5 Å². The first-order chi connectivity index (χ1) is 15.5. The van der Waals surface area contributed by atoms with Crippen molar-refractivity contribution in [3.8, 4) is 0 Å². The van der Waals surface area contributed by atoms with E-state index in [4.69, 9.17) is 9.47 Å². The van der Waals surface area contributed by atoms with Crippen LogP contribution >= 0.6 is 0 Å². The zero-order valence-electron chi connectivity index (χ0n) is 22.5. The second-order valence-corrected chi connectivity index (χ2v) is 23.8. The first-order valence-electron chi connectivity index (χ1n) is 12.5. The minimum atomic E-state index is -1.90. The summed E-state index contributed by atoms with van der Waals surface area (Å²) in [7, 11) is 1.18. The van der Waals surface area contributed by atoms with Gasteiger partial charge in [-0.15, -0.1) is 0 Å². The SMILES string of the molecule is CO[C](=[Zr])C(C(=C[Si](C(C)C)(C(C)C)[Si](C(C)C)C(C)C)OC)(C1C=CC=C1)C1C=CC=C1. The number of allylic oxidation sites excluding steroid dienone is 8. The Balaban J connectivity index is 2.94. The van der Waals surface area contributed by atoms with Crippen molar-refractivity contribution in [2.45, 2.75) is 77.6 Å². The van der Waals surface area contributed by atoms with E-state index < -0.39 is 15.9 Å². The van der Waals surface area contributed by atoms with Crippen molar-refractivity contribution in [3.05, 3.63) is 60.1 Å². The van der Waals surface area contributed by atoms with E-state index in [-0.39, 0.29) is 17.3 Å². The second kappa shape index (κ2) is 12.1. The van der Waals surface area contributed by atoms with Gasteiger partial charge >= 0.3 is 222 Å². The van der Waals surface area contributed by atoms with Crippen LogP contribution < -0.4 is 0 Å². The van der Waals surface area contributed by atoms with E-state index in [1.54, 1.807) is 0 Å². The van der Waals surface area contributed by atoms with Crippen LogP contribution in [0.1, 0.15) is 55.4 Å². The van der Waals surface area contributed by atoms with Gasteiger partial charge in [0.1, 0.15) is 0 Å². The summed E-state index contributed by atoms with van der Waals surface area (Å²) in [5.74, 6) is 1.57. The Morgan fingerprint density at radius 2 is 1.18 bits per heavy atom. The number of hydrogen-bond donors (Lipinski definition) is 0. The molecule has 0 N–H and O–H groups in total. The Hall–Kier alpha value is -0.353. The standard InChI is InChI=1S/C28H45O2Si2.Zr/c1-21(2)31(22(3)4)32(23(5)6,24(7)8)19-27(30-10)28(20-29-9,25-15-11-12-16-25)26-17-13-14-18-26;/h11-19,21-26H,1-10H3;. The summed E-state index contributed by atoms with van der Waals surface area (Å²) in [6.07, 6.45) is 18.1. The molecule has 0 amide bonds. The van der Waals surface area contributed by atoms with E-state index >= 15 is 0 Å². The molecule has 0 fully saturated rings. The molecule has 0 aromatic carbocycles. The predicted octanol–water partition coefficient (Wildman–Crippen LogP) is 7.51. The van der Waals surface area contributed by atoms with Gasteiger partial charge in [0.05, 0.1) is 0 Å². The predicted molar refractivity (Wildman–Crippen MR) is 145 cm³/mol. The van der Waals surface area contributed by atoms with Crippen LogP contribution in [0.4, 0.5) is 0 Å². The molecule has 2 rings (SSSR count). The number of hydrogen-bond acceptors (Lipinski definition) is 2. The van der Waals surface area contributed by atoms with Crippen molar-refractivity contribution >= 4 is 19.3 Å². The second-order valence-electron chi connectivity index (χ2n) is 10.7. The molecule has 33 heavy (non-hydrogen) atoms. The third-order valence-corrected chi connectivity index (χ3v) is 27.7.